The van der Waals surface area contributed by atoms with Crippen molar-refractivity contribution < 1.29 is 4.79 Å². The number of hydrogen-bond donors (Lipinski definition) is 2. The van der Waals surface area contributed by atoms with Crippen molar-refractivity contribution in [2.45, 2.75) is 57.2 Å². The second kappa shape index (κ2) is 6.87. The maximum atomic E-state index is 12.2. The Balaban J connectivity index is 1.85. The van der Waals surface area contributed by atoms with E-state index in [4.69, 9.17) is 0 Å². The molecule has 2 rings (SSSR count). The fourth-order valence-electron chi connectivity index (χ4n) is 2.52. The Morgan fingerprint density at radius 1 is 1.50 bits per heavy atom. The van der Waals surface area contributed by atoms with E-state index in [2.05, 4.69) is 16.7 Å². The van der Waals surface area contributed by atoms with Crippen molar-refractivity contribution in [2.24, 2.45) is 0 Å². The van der Waals surface area contributed by atoms with Crippen LogP contribution in [-0.4, -0.2) is 17.5 Å². The highest BCUT2D eigenvalue weighted by Crippen LogP contribution is 2.27. The molecule has 1 saturated carbocycles. The van der Waals surface area contributed by atoms with Crippen LogP contribution in [-0.2, 0) is 11.3 Å². The average Bonchev–Trinajstić information content (AvgIpc) is 2.99. The minimum absolute atomic E-state index is 0.0787. The molecule has 0 aliphatic heterocycles. The van der Waals surface area contributed by atoms with Gasteiger partial charge in [0.2, 0.25) is 5.91 Å². The monoisotopic (exact) mass is 291 g/mol. The quantitative estimate of drug-likeness (QED) is 0.876. The third-order valence-electron chi connectivity index (χ3n) is 3.84. The standard InChI is InChI=1S/C15H21N3OS/c1-12(17-10-13-6-5-9-20-13)14(19)18-15(11-16)7-3-2-4-8-15/h5-6,9,12,17H,2-4,7-8,10H2,1H3,(H,18,19). The summed E-state index contributed by atoms with van der Waals surface area (Å²) in [5.74, 6) is -0.0787. The summed E-state index contributed by atoms with van der Waals surface area (Å²) in [6.07, 6.45) is 4.74. The molecule has 0 saturated heterocycles. The van der Waals surface area contributed by atoms with Gasteiger partial charge in [0.05, 0.1) is 12.1 Å². The van der Waals surface area contributed by atoms with Crippen LogP contribution >= 0.6 is 11.3 Å². The molecule has 1 aliphatic rings. The summed E-state index contributed by atoms with van der Waals surface area (Å²) in [6.45, 7) is 2.53. The van der Waals surface area contributed by atoms with Gasteiger partial charge in [0.25, 0.3) is 0 Å². The summed E-state index contributed by atoms with van der Waals surface area (Å²) in [7, 11) is 0. The lowest BCUT2D eigenvalue weighted by Gasteiger charge is -2.32. The topological polar surface area (TPSA) is 64.9 Å². The van der Waals surface area contributed by atoms with E-state index in [-0.39, 0.29) is 11.9 Å². The Morgan fingerprint density at radius 3 is 2.85 bits per heavy atom. The maximum Gasteiger partial charge on any atom is 0.238 e. The number of carbonyl (C=O) groups is 1. The minimum atomic E-state index is -0.645. The zero-order valence-electron chi connectivity index (χ0n) is 11.8. The van der Waals surface area contributed by atoms with E-state index in [0.717, 1.165) is 32.1 Å². The summed E-state index contributed by atoms with van der Waals surface area (Å²) >= 11 is 1.67. The van der Waals surface area contributed by atoms with Crippen molar-refractivity contribution >= 4 is 17.2 Å². The van der Waals surface area contributed by atoms with Gasteiger partial charge in [-0.05, 0) is 31.2 Å². The number of nitrogens with one attached hydrogen (secondary N) is 2. The minimum Gasteiger partial charge on any atom is -0.336 e. The molecule has 108 valence electrons. The number of nitrogens with zero attached hydrogens (tertiary/aromatic N) is 1. The number of thiophene rings is 1. The second-order valence-electron chi connectivity index (χ2n) is 5.43. The number of carbonyl (C=O) groups excluding carboxylic acids is 1. The predicted molar refractivity (Wildman–Crippen MR) is 80.2 cm³/mol. The Labute approximate surface area is 124 Å². The number of rotatable bonds is 5. The lowest BCUT2D eigenvalue weighted by atomic mass is 9.82. The second-order valence-corrected chi connectivity index (χ2v) is 6.46. The van der Waals surface area contributed by atoms with Crippen LogP contribution in [0.15, 0.2) is 17.5 Å². The van der Waals surface area contributed by atoms with Crippen molar-refractivity contribution in [3.63, 3.8) is 0 Å². The highest BCUT2D eigenvalue weighted by atomic mass is 32.1. The molecule has 4 nitrogen and oxygen atoms in total. The van der Waals surface area contributed by atoms with E-state index < -0.39 is 5.54 Å². The smallest absolute Gasteiger partial charge is 0.238 e. The van der Waals surface area contributed by atoms with Crippen LogP contribution in [0, 0.1) is 11.3 Å². The third kappa shape index (κ3) is 3.81. The number of amides is 1. The van der Waals surface area contributed by atoms with Crippen LogP contribution in [0.25, 0.3) is 0 Å². The van der Waals surface area contributed by atoms with E-state index >= 15 is 0 Å². The summed E-state index contributed by atoms with van der Waals surface area (Å²) in [5, 5.41) is 17.5. The van der Waals surface area contributed by atoms with Crippen LogP contribution in [0.1, 0.15) is 43.9 Å². The molecule has 1 amide bonds. The molecule has 1 fully saturated rings. The van der Waals surface area contributed by atoms with E-state index in [9.17, 15) is 10.1 Å². The predicted octanol–water partition coefficient (Wildman–Crippen LogP) is 2.57. The molecule has 1 unspecified atom stereocenters. The molecule has 1 aliphatic carbocycles. The van der Waals surface area contributed by atoms with E-state index in [0.29, 0.717) is 6.54 Å². The molecule has 20 heavy (non-hydrogen) atoms. The molecule has 1 aromatic heterocycles. The zero-order valence-corrected chi connectivity index (χ0v) is 12.6. The summed E-state index contributed by atoms with van der Waals surface area (Å²) in [6, 6.07) is 6.07. The van der Waals surface area contributed by atoms with Gasteiger partial charge in [0.15, 0.2) is 0 Å². The van der Waals surface area contributed by atoms with Gasteiger partial charge in [-0.25, -0.2) is 0 Å². The molecule has 5 heteroatoms. The summed E-state index contributed by atoms with van der Waals surface area (Å²) < 4.78 is 0. The van der Waals surface area contributed by atoms with Crippen LogP contribution in [0.5, 0.6) is 0 Å². The Kier molecular flexibility index (Phi) is 5.16. The van der Waals surface area contributed by atoms with Crippen LogP contribution in [0.4, 0.5) is 0 Å². The van der Waals surface area contributed by atoms with Gasteiger partial charge in [-0.2, -0.15) is 5.26 Å². The Hall–Kier alpha value is -1.38. The summed E-state index contributed by atoms with van der Waals surface area (Å²) in [5.41, 5.74) is -0.645. The zero-order chi connectivity index (χ0) is 14.4. The van der Waals surface area contributed by atoms with Crippen molar-refractivity contribution in [1.82, 2.24) is 10.6 Å². The highest BCUT2D eigenvalue weighted by Gasteiger charge is 2.34. The molecule has 0 radical (unpaired) electrons. The third-order valence-corrected chi connectivity index (χ3v) is 4.72. The van der Waals surface area contributed by atoms with Gasteiger partial charge < -0.3 is 10.6 Å². The summed E-state index contributed by atoms with van der Waals surface area (Å²) in [4.78, 5) is 13.4. The molecule has 0 aromatic carbocycles. The van der Waals surface area contributed by atoms with E-state index in [1.807, 2.05) is 24.4 Å². The molecule has 1 atom stereocenters. The maximum absolute atomic E-state index is 12.2. The lowest BCUT2D eigenvalue weighted by molar-refractivity contribution is -0.124. The molecular weight excluding hydrogens is 270 g/mol. The van der Waals surface area contributed by atoms with E-state index in [1.54, 1.807) is 11.3 Å². The molecule has 0 bridgehead atoms. The lowest BCUT2D eigenvalue weighted by Crippen LogP contribution is -2.54. The first-order valence-corrected chi connectivity index (χ1v) is 8.02. The first-order chi connectivity index (χ1) is 9.65. The average molecular weight is 291 g/mol. The normalized spacial score (nSPS) is 19.0. The largest absolute Gasteiger partial charge is 0.336 e. The first kappa shape index (κ1) is 15.0. The first-order valence-electron chi connectivity index (χ1n) is 7.14. The SMILES string of the molecule is CC(NCc1cccs1)C(=O)NC1(C#N)CCCCC1. The van der Waals surface area contributed by atoms with Crippen molar-refractivity contribution in [3.05, 3.63) is 22.4 Å². The molecule has 1 aromatic rings. The van der Waals surface area contributed by atoms with Crippen molar-refractivity contribution in [2.75, 3.05) is 0 Å². The molecular formula is C15H21N3OS. The van der Waals surface area contributed by atoms with Crippen LogP contribution < -0.4 is 10.6 Å². The highest BCUT2D eigenvalue weighted by molar-refractivity contribution is 7.09. The van der Waals surface area contributed by atoms with Gasteiger partial charge in [0, 0.05) is 11.4 Å². The molecule has 1 heterocycles. The fraction of sp³-hybridized carbons (Fsp3) is 0.600. The van der Waals surface area contributed by atoms with Gasteiger partial charge in [-0.1, -0.05) is 25.3 Å². The van der Waals surface area contributed by atoms with Gasteiger partial charge in [-0.15, -0.1) is 11.3 Å². The number of nitriles is 1. The van der Waals surface area contributed by atoms with Gasteiger partial charge in [0.1, 0.15) is 5.54 Å². The molecule has 0 spiro atoms. The molecule has 2 N–H and O–H groups in total. The van der Waals surface area contributed by atoms with Gasteiger partial charge >= 0.3 is 0 Å². The Bertz CT molecular complexity index is 472. The van der Waals surface area contributed by atoms with Gasteiger partial charge in [-0.3, -0.25) is 4.79 Å². The fourth-order valence-corrected chi connectivity index (χ4v) is 3.18. The number of hydrogen-bond acceptors (Lipinski definition) is 4. The van der Waals surface area contributed by atoms with Crippen LogP contribution in [0.3, 0.4) is 0 Å². The van der Waals surface area contributed by atoms with E-state index in [1.165, 1.54) is 4.88 Å². The Morgan fingerprint density at radius 2 is 2.25 bits per heavy atom. The van der Waals surface area contributed by atoms with Crippen LogP contribution in [0.2, 0.25) is 0 Å². The van der Waals surface area contributed by atoms with Crippen molar-refractivity contribution in [3.8, 4) is 6.07 Å². The van der Waals surface area contributed by atoms with Crippen molar-refractivity contribution in [1.29, 1.82) is 5.26 Å².